The predicted octanol–water partition coefficient (Wildman–Crippen LogP) is 3.50. The average Bonchev–Trinajstić information content (AvgIpc) is 2.41. The third-order valence-electron chi connectivity index (χ3n) is 2.34. The van der Waals surface area contributed by atoms with Gasteiger partial charge in [0.1, 0.15) is 5.82 Å². The van der Waals surface area contributed by atoms with Crippen LogP contribution < -0.4 is 10.6 Å². The van der Waals surface area contributed by atoms with Crippen molar-refractivity contribution in [1.82, 2.24) is 10.6 Å². The van der Waals surface area contributed by atoms with Crippen molar-refractivity contribution in [3.63, 3.8) is 0 Å². The second kappa shape index (κ2) is 12.3. The largest absolute Gasteiger partial charge is 0.357 e. The van der Waals surface area contributed by atoms with E-state index in [1.807, 2.05) is 12.1 Å². The highest BCUT2D eigenvalue weighted by Crippen LogP contribution is 2.18. The lowest BCUT2D eigenvalue weighted by Crippen LogP contribution is -2.37. The Labute approximate surface area is 142 Å². The molecular formula is C14H23FIN3S. The van der Waals surface area contributed by atoms with Gasteiger partial charge in [-0.3, -0.25) is 4.99 Å². The molecule has 0 aromatic heterocycles. The monoisotopic (exact) mass is 411 g/mol. The Morgan fingerprint density at radius 2 is 1.75 bits per heavy atom. The van der Waals surface area contributed by atoms with Gasteiger partial charge in [-0.25, -0.2) is 4.39 Å². The SMILES string of the molecule is CCNC(=NCCCSc1ccc(F)cc1)NCC.I. The molecule has 0 atom stereocenters. The molecule has 0 spiro atoms. The molecule has 0 aliphatic carbocycles. The zero-order valence-electron chi connectivity index (χ0n) is 12.0. The molecule has 1 aromatic rings. The van der Waals surface area contributed by atoms with Crippen LogP contribution in [0, 0.1) is 5.82 Å². The van der Waals surface area contributed by atoms with Gasteiger partial charge in [0.2, 0.25) is 0 Å². The molecule has 0 aliphatic heterocycles. The van der Waals surface area contributed by atoms with E-state index in [-0.39, 0.29) is 29.8 Å². The van der Waals surface area contributed by atoms with Gasteiger partial charge in [0.05, 0.1) is 0 Å². The van der Waals surface area contributed by atoms with E-state index < -0.39 is 0 Å². The first-order valence-corrected chi connectivity index (χ1v) is 7.65. The van der Waals surface area contributed by atoms with Crippen molar-refractivity contribution in [2.75, 3.05) is 25.4 Å². The van der Waals surface area contributed by atoms with E-state index in [4.69, 9.17) is 0 Å². The Morgan fingerprint density at radius 1 is 1.15 bits per heavy atom. The zero-order valence-corrected chi connectivity index (χ0v) is 15.1. The van der Waals surface area contributed by atoms with Crippen molar-refractivity contribution in [1.29, 1.82) is 0 Å². The Hall–Kier alpha value is -0.500. The van der Waals surface area contributed by atoms with Gasteiger partial charge < -0.3 is 10.6 Å². The number of rotatable bonds is 7. The quantitative estimate of drug-likeness (QED) is 0.237. The van der Waals surface area contributed by atoms with E-state index in [0.717, 1.165) is 42.7 Å². The first-order chi connectivity index (χ1) is 9.26. The van der Waals surface area contributed by atoms with E-state index in [2.05, 4.69) is 29.5 Å². The second-order valence-electron chi connectivity index (χ2n) is 3.95. The van der Waals surface area contributed by atoms with Crippen molar-refractivity contribution < 1.29 is 4.39 Å². The predicted molar refractivity (Wildman–Crippen MR) is 96.8 cm³/mol. The minimum atomic E-state index is -0.185. The number of nitrogens with zero attached hydrogens (tertiary/aromatic N) is 1. The van der Waals surface area contributed by atoms with Crippen molar-refractivity contribution in [2.24, 2.45) is 4.99 Å². The van der Waals surface area contributed by atoms with Crippen molar-refractivity contribution in [3.8, 4) is 0 Å². The van der Waals surface area contributed by atoms with Gasteiger partial charge in [-0.15, -0.1) is 35.7 Å². The summed E-state index contributed by atoms with van der Waals surface area (Å²) in [6.45, 7) is 6.64. The van der Waals surface area contributed by atoms with Gasteiger partial charge >= 0.3 is 0 Å². The van der Waals surface area contributed by atoms with Crippen molar-refractivity contribution in [2.45, 2.75) is 25.2 Å². The molecule has 0 amide bonds. The highest BCUT2D eigenvalue weighted by Gasteiger charge is 1.96. The van der Waals surface area contributed by atoms with E-state index in [0.29, 0.717) is 0 Å². The third kappa shape index (κ3) is 8.63. The first kappa shape index (κ1) is 19.5. The summed E-state index contributed by atoms with van der Waals surface area (Å²) < 4.78 is 12.7. The highest BCUT2D eigenvalue weighted by atomic mass is 127. The standard InChI is InChI=1S/C14H22FN3S.HI/c1-3-16-14(17-4-2)18-10-5-11-19-13-8-6-12(15)7-9-13;/h6-9H,3-5,10-11H2,1-2H3,(H2,16,17,18);1H. The Balaban J connectivity index is 0.00000361. The number of guanidine groups is 1. The summed E-state index contributed by atoms with van der Waals surface area (Å²) in [5.74, 6) is 1.67. The van der Waals surface area contributed by atoms with Crippen LogP contribution >= 0.6 is 35.7 Å². The Bertz CT molecular complexity index is 377. The van der Waals surface area contributed by atoms with Gasteiger partial charge in [0.15, 0.2) is 5.96 Å². The molecule has 2 N–H and O–H groups in total. The number of nitrogens with one attached hydrogen (secondary N) is 2. The zero-order chi connectivity index (χ0) is 13.9. The number of hydrogen-bond donors (Lipinski definition) is 2. The summed E-state index contributed by atoms with van der Waals surface area (Å²) in [6, 6.07) is 6.61. The fourth-order valence-electron chi connectivity index (χ4n) is 1.49. The number of thioether (sulfide) groups is 1. The maximum Gasteiger partial charge on any atom is 0.191 e. The van der Waals surface area contributed by atoms with Crippen LogP contribution in [0.1, 0.15) is 20.3 Å². The summed E-state index contributed by atoms with van der Waals surface area (Å²) in [5.41, 5.74) is 0. The second-order valence-corrected chi connectivity index (χ2v) is 5.12. The van der Waals surface area contributed by atoms with E-state index in [1.165, 1.54) is 12.1 Å². The molecule has 6 heteroatoms. The van der Waals surface area contributed by atoms with E-state index >= 15 is 0 Å². The number of aliphatic imine (C=N–C) groups is 1. The van der Waals surface area contributed by atoms with Gasteiger partial charge in [0, 0.05) is 24.5 Å². The van der Waals surface area contributed by atoms with Crippen LogP contribution in [0.5, 0.6) is 0 Å². The van der Waals surface area contributed by atoms with Gasteiger partial charge in [-0.2, -0.15) is 0 Å². The Kier molecular flexibility index (Phi) is 12.0. The average molecular weight is 411 g/mol. The third-order valence-corrected chi connectivity index (χ3v) is 3.44. The molecule has 0 radical (unpaired) electrons. The molecule has 0 aliphatic rings. The van der Waals surface area contributed by atoms with Gasteiger partial charge in [0.25, 0.3) is 0 Å². The fourth-order valence-corrected chi connectivity index (χ4v) is 2.32. The molecule has 0 unspecified atom stereocenters. The molecule has 0 heterocycles. The van der Waals surface area contributed by atoms with Crippen LogP contribution in [0.2, 0.25) is 0 Å². The summed E-state index contributed by atoms with van der Waals surface area (Å²) in [5, 5.41) is 6.38. The number of halogens is 2. The maximum absolute atomic E-state index is 12.7. The lowest BCUT2D eigenvalue weighted by Gasteiger charge is -2.08. The van der Waals surface area contributed by atoms with Crippen LogP contribution in [-0.4, -0.2) is 31.3 Å². The molecule has 0 fully saturated rings. The molecule has 0 saturated heterocycles. The number of benzene rings is 1. The normalized spacial score (nSPS) is 9.55. The lowest BCUT2D eigenvalue weighted by atomic mass is 10.4. The molecule has 1 rings (SSSR count). The maximum atomic E-state index is 12.7. The van der Waals surface area contributed by atoms with Crippen LogP contribution in [0.4, 0.5) is 4.39 Å². The topological polar surface area (TPSA) is 36.4 Å². The lowest BCUT2D eigenvalue weighted by molar-refractivity contribution is 0.626. The summed E-state index contributed by atoms with van der Waals surface area (Å²) in [6.07, 6.45) is 1.00. The highest BCUT2D eigenvalue weighted by molar-refractivity contribution is 14.0. The van der Waals surface area contributed by atoms with Crippen LogP contribution in [0.15, 0.2) is 34.2 Å². The molecular weight excluding hydrogens is 388 g/mol. The van der Waals surface area contributed by atoms with Crippen LogP contribution in [0.3, 0.4) is 0 Å². The minimum Gasteiger partial charge on any atom is -0.357 e. The summed E-state index contributed by atoms with van der Waals surface area (Å²) in [7, 11) is 0. The smallest absolute Gasteiger partial charge is 0.191 e. The molecule has 1 aromatic carbocycles. The number of hydrogen-bond acceptors (Lipinski definition) is 2. The van der Waals surface area contributed by atoms with Gasteiger partial charge in [-0.05, 0) is 50.3 Å². The van der Waals surface area contributed by atoms with Crippen molar-refractivity contribution >= 4 is 41.7 Å². The van der Waals surface area contributed by atoms with E-state index in [1.54, 1.807) is 11.8 Å². The van der Waals surface area contributed by atoms with Gasteiger partial charge in [-0.1, -0.05) is 0 Å². The van der Waals surface area contributed by atoms with Crippen LogP contribution in [-0.2, 0) is 0 Å². The van der Waals surface area contributed by atoms with Crippen molar-refractivity contribution in [3.05, 3.63) is 30.1 Å². The van der Waals surface area contributed by atoms with E-state index in [9.17, 15) is 4.39 Å². The molecule has 0 saturated carbocycles. The molecule has 0 bridgehead atoms. The first-order valence-electron chi connectivity index (χ1n) is 6.66. The minimum absolute atomic E-state index is 0. The van der Waals surface area contributed by atoms with Crippen LogP contribution in [0.25, 0.3) is 0 Å². The molecule has 114 valence electrons. The Morgan fingerprint density at radius 3 is 2.30 bits per heavy atom. The summed E-state index contributed by atoms with van der Waals surface area (Å²) >= 11 is 1.73. The summed E-state index contributed by atoms with van der Waals surface area (Å²) in [4.78, 5) is 5.57. The fraction of sp³-hybridized carbons (Fsp3) is 0.500. The molecule has 20 heavy (non-hydrogen) atoms. The molecule has 3 nitrogen and oxygen atoms in total.